The maximum atomic E-state index is 6.34. The molecule has 84 valence electrons. The van der Waals surface area contributed by atoms with E-state index in [0.717, 1.165) is 12.1 Å². The molecular weight excluding hydrogens is 240 g/mol. The predicted octanol–water partition coefficient (Wildman–Crippen LogP) is 3.59. The number of halogens is 1. The second kappa shape index (κ2) is 5.41. The van der Waals surface area contributed by atoms with Gasteiger partial charge in [0.05, 0.1) is 11.7 Å². The lowest BCUT2D eigenvalue weighted by Gasteiger charge is -2.10. The van der Waals surface area contributed by atoms with Crippen molar-refractivity contribution in [3.63, 3.8) is 0 Å². The lowest BCUT2D eigenvalue weighted by molar-refractivity contribution is 0.677. The van der Waals surface area contributed by atoms with Gasteiger partial charge in [-0.25, -0.2) is 4.98 Å². The normalized spacial score (nSPS) is 12.6. The Labute approximate surface area is 105 Å². The van der Waals surface area contributed by atoms with Crippen molar-refractivity contribution in [3.05, 3.63) is 48.5 Å². The van der Waals surface area contributed by atoms with Crippen LogP contribution < -0.4 is 0 Å². The molecule has 0 aliphatic carbocycles. The molecule has 0 spiro atoms. The van der Waals surface area contributed by atoms with E-state index in [0.29, 0.717) is 0 Å². The van der Waals surface area contributed by atoms with Gasteiger partial charge in [0.25, 0.3) is 0 Å². The van der Waals surface area contributed by atoms with Crippen LogP contribution in [0.1, 0.15) is 10.9 Å². The highest BCUT2D eigenvalue weighted by Crippen LogP contribution is 2.24. The molecule has 2 nitrogen and oxygen atoms in total. The minimum absolute atomic E-state index is 0.00916. The first-order valence-electron chi connectivity index (χ1n) is 5.03. The number of aromatic nitrogens is 2. The summed E-state index contributed by atoms with van der Waals surface area (Å²) in [5, 5.41) is -0.00916. The molecule has 1 unspecified atom stereocenters. The molecule has 0 aliphatic rings. The third kappa shape index (κ3) is 2.80. The lowest BCUT2D eigenvalue weighted by Crippen LogP contribution is -2.02. The molecule has 0 fully saturated rings. The standard InChI is InChI=1S/C12H13ClN2S/c1-16-11-4-2-10(3-5-11)12(13)8-15-7-6-14-9-15/h2-7,9,12H,8H2,1H3. The van der Waals surface area contributed by atoms with Crippen molar-refractivity contribution >= 4 is 23.4 Å². The number of alkyl halides is 1. The Bertz CT molecular complexity index is 425. The van der Waals surface area contributed by atoms with Crippen molar-refractivity contribution in [2.75, 3.05) is 6.26 Å². The van der Waals surface area contributed by atoms with Gasteiger partial charge in [-0.2, -0.15) is 0 Å². The molecule has 1 aromatic carbocycles. The van der Waals surface area contributed by atoms with Crippen molar-refractivity contribution in [1.82, 2.24) is 9.55 Å². The summed E-state index contributed by atoms with van der Waals surface area (Å²) >= 11 is 8.07. The highest BCUT2D eigenvalue weighted by atomic mass is 35.5. The van der Waals surface area contributed by atoms with Crippen molar-refractivity contribution in [3.8, 4) is 0 Å². The van der Waals surface area contributed by atoms with Crippen LogP contribution in [-0.4, -0.2) is 15.8 Å². The minimum Gasteiger partial charge on any atom is -0.336 e. The zero-order valence-corrected chi connectivity index (χ0v) is 10.6. The fourth-order valence-corrected chi connectivity index (χ4v) is 2.21. The van der Waals surface area contributed by atoms with Gasteiger partial charge in [-0.1, -0.05) is 12.1 Å². The topological polar surface area (TPSA) is 17.8 Å². The molecule has 2 rings (SSSR count). The molecule has 0 N–H and O–H groups in total. The summed E-state index contributed by atoms with van der Waals surface area (Å²) in [6.07, 6.45) is 7.54. The van der Waals surface area contributed by atoms with Crippen LogP contribution in [0.4, 0.5) is 0 Å². The summed E-state index contributed by atoms with van der Waals surface area (Å²) < 4.78 is 1.99. The second-order valence-corrected chi connectivity index (χ2v) is 4.91. The van der Waals surface area contributed by atoms with Crippen LogP contribution in [0.15, 0.2) is 47.9 Å². The summed E-state index contributed by atoms with van der Waals surface area (Å²) in [5.74, 6) is 0. The first-order valence-corrected chi connectivity index (χ1v) is 6.69. The molecule has 1 heterocycles. The molecular formula is C12H13ClN2S. The predicted molar refractivity (Wildman–Crippen MR) is 69.0 cm³/mol. The molecule has 0 saturated heterocycles. The third-order valence-corrected chi connectivity index (χ3v) is 3.54. The average Bonchev–Trinajstić information content (AvgIpc) is 2.82. The van der Waals surface area contributed by atoms with E-state index in [1.165, 1.54) is 4.90 Å². The zero-order chi connectivity index (χ0) is 11.4. The smallest absolute Gasteiger partial charge is 0.0946 e. The average molecular weight is 253 g/mol. The molecule has 0 aliphatic heterocycles. The molecule has 16 heavy (non-hydrogen) atoms. The summed E-state index contributed by atoms with van der Waals surface area (Å²) in [6.45, 7) is 0.750. The first-order chi connectivity index (χ1) is 7.79. The van der Waals surface area contributed by atoms with Crippen LogP contribution in [0.25, 0.3) is 0 Å². The Kier molecular flexibility index (Phi) is 3.91. The molecule has 1 aromatic heterocycles. The molecule has 1 atom stereocenters. The van der Waals surface area contributed by atoms with Gasteiger partial charge in [0.1, 0.15) is 0 Å². The largest absolute Gasteiger partial charge is 0.336 e. The minimum atomic E-state index is -0.00916. The molecule has 0 saturated carbocycles. The Balaban J connectivity index is 2.05. The van der Waals surface area contributed by atoms with Gasteiger partial charge in [0.15, 0.2) is 0 Å². The Hall–Kier alpha value is -0.930. The number of thioether (sulfide) groups is 1. The molecule has 4 heteroatoms. The first kappa shape index (κ1) is 11.6. The van der Waals surface area contributed by atoms with Crippen LogP contribution in [0.2, 0.25) is 0 Å². The van der Waals surface area contributed by atoms with Gasteiger partial charge in [-0.3, -0.25) is 0 Å². The molecule has 0 radical (unpaired) electrons. The monoisotopic (exact) mass is 252 g/mol. The van der Waals surface area contributed by atoms with Crippen LogP contribution in [0, 0.1) is 0 Å². The van der Waals surface area contributed by atoms with E-state index in [-0.39, 0.29) is 5.38 Å². The Morgan fingerprint density at radius 2 is 2.12 bits per heavy atom. The number of hydrogen-bond acceptors (Lipinski definition) is 2. The van der Waals surface area contributed by atoms with E-state index in [4.69, 9.17) is 11.6 Å². The molecule has 2 aromatic rings. The Morgan fingerprint density at radius 3 is 2.69 bits per heavy atom. The number of nitrogens with zero attached hydrogens (tertiary/aromatic N) is 2. The highest BCUT2D eigenvalue weighted by Gasteiger charge is 2.08. The maximum Gasteiger partial charge on any atom is 0.0946 e. The van der Waals surface area contributed by atoms with Gasteiger partial charge in [0.2, 0.25) is 0 Å². The third-order valence-electron chi connectivity index (χ3n) is 2.41. The van der Waals surface area contributed by atoms with Gasteiger partial charge >= 0.3 is 0 Å². The van der Waals surface area contributed by atoms with Gasteiger partial charge in [-0.05, 0) is 24.0 Å². The van der Waals surface area contributed by atoms with E-state index >= 15 is 0 Å². The van der Waals surface area contributed by atoms with E-state index in [1.54, 1.807) is 24.3 Å². The summed E-state index contributed by atoms with van der Waals surface area (Å²) in [4.78, 5) is 5.26. The van der Waals surface area contributed by atoms with Crippen LogP contribution in [-0.2, 0) is 6.54 Å². The van der Waals surface area contributed by atoms with Crippen molar-refractivity contribution in [1.29, 1.82) is 0 Å². The highest BCUT2D eigenvalue weighted by molar-refractivity contribution is 7.98. The van der Waals surface area contributed by atoms with E-state index < -0.39 is 0 Å². The van der Waals surface area contributed by atoms with Gasteiger partial charge in [-0.15, -0.1) is 23.4 Å². The fraction of sp³-hybridized carbons (Fsp3) is 0.250. The van der Waals surface area contributed by atoms with Gasteiger partial charge < -0.3 is 4.57 Å². The summed E-state index contributed by atoms with van der Waals surface area (Å²) in [6, 6.07) is 8.37. The van der Waals surface area contributed by atoms with Gasteiger partial charge in [0, 0.05) is 23.8 Å². The number of rotatable bonds is 4. The molecule has 0 amide bonds. The summed E-state index contributed by atoms with van der Waals surface area (Å²) in [5.41, 5.74) is 1.15. The number of imidazole rings is 1. The van der Waals surface area contributed by atoms with Crippen LogP contribution in [0.5, 0.6) is 0 Å². The van der Waals surface area contributed by atoms with E-state index in [2.05, 4.69) is 35.5 Å². The maximum absolute atomic E-state index is 6.34. The van der Waals surface area contributed by atoms with Crippen molar-refractivity contribution in [2.45, 2.75) is 16.8 Å². The van der Waals surface area contributed by atoms with Crippen molar-refractivity contribution in [2.24, 2.45) is 0 Å². The molecule has 0 bridgehead atoms. The van der Waals surface area contributed by atoms with E-state index in [9.17, 15) is 0 Å². The van der Waals surface area contributed by atoms with Crippen LogP contribution in [0.3, 0.4) is 0 Å². The number of hydrogen-bond donors (Lipinski definition) is 0. The van der Waals surface area contributed by atoms with E-state index in [1.807, 2.05) is 10.8 Å². The zero-order valence-electron chi connectivity index (χ0n) is 9.01. The SMILES string of the molecule is CSc1ccc(C(Cl)Cn2ccnc2)cc1. The fourth-order valence-electron chi connectivity index (χ4n) is 1.50. The quantitative estimate of drug-likeness (QED) is 0.611. The summed E-state index contributed by atoms with van der Waals surface area (Å²) in [7, 11) is 0. The number of benzene rings is 1. The van der Waals surface area contributed by atoms with Crippen LogP contribution >= 0.6 is 23.4 Å². The second-order valence-electron chi connectivity index (χ2n) is 3.50. The van der Waals surface area contributed by atoms with Crippen molar-refractivity contribution < 1.29 is 0 Å². The Morgan fingerprint density at radius 1 is 1.38 bits per heavy atom. The lowest BCUT2D eigenvalue weighted by atomic mass is 10.1.